The number of aromatic carboxylic acids is 1. The Morgan fingerprint density at radius 2 is 1.81 bits per heavy atom. The number of hydrogen-bond acceptors (Lipinski definition) is 2. The van der Waals surface area contributed by atoms with Gasteiger partial charge in [0, 0.05) is 16.0 Å². The van der Waals surface area contributed by atoms with Gasteiger partial charge in [-0.3, -0.25) is 4.79 Å². The molecule has 1 amide bonds. The van der Waals surface area contributed by atoms with Crippen LogP contribution in [0.2, 0.25) is 0 Å². The lowest BCUT2D eigenvalue weighted by atomic mass is 10.2. The van der Waals surface area contributed by atoms with E-state index in [-0.39, 0.29) is 5.56 Å². The molecule has 2 aromatic carbocycles. The van der Waals surface area contributed by atoms with E-state index < -0.39 is 11.9 Å². The molecule has 0 aliphatic heterocycles. The van der Waals surface area contributed by atoms with Crippen molar-refractivity contribution in [3.8, 4) is 11.8 Å². The first kappa shape index (κ1) is 14.8. The number of carboxylic acid groups (broad SMARTS) is 1. The van der Waals surface area contributed by atoms with Crippen molar-refractivity contribution in [3.63, 3.8) is 0 Å². The Morgan fingerprint density at radius 3 is 2.48 bits per heavy atom. The number of rotatable bonds is 2. The number of carboxylic acids is 1. The molecule has 2 aromatic rings. The van der Waals surface area contributed by atoms with Crippen LogP contribution in [0.4, 0.5) is 5.69 Å². The van der Waals surface area contributed by atoms with Crippen LogP contribution in [0, 0.1) is 11.8 Å². The predicted octanol–water partition coefficient (Wildman–Crippen LogP) is 3.14. The van der Waals surface area contributed by atoms with Gasteiger partial charge in [-0.15, -0.1) is 0 Å². The van der Waals surface area contributed by atoms with Crippen LogP contribution in [-0.2, 0) is 4.79 Å². The maximum Gasteiger partial charge on any atom is 0.335 e. The van der Waals surface area contributed by atoms with Crippen LogP contribution in [0.1, 0.15) is 15.9 Å². The summed E-state index contributed by atoms with van der Waals surface area (Å²) in [5.41, 5.74) is 1.18. The minimum atomic E-state index is -1.06. The fourth-order valence-corrected chi connectivity index (χ4v) is 1.90. The Bertz CT molecular complexity index is 745. The van der Waals surface area contributed by atoms with Crippen LogP contribution in [-0.4, -0.2) is 17.0 Å². The first-order chi connectivity index (χ1) is 10.1. The Hall–Kier alpha value is -2.58. The summed E-state index contributed by atoms with van der Waals surface area (Å²) in [6.07, 6.45) is 0. The molecule has 2 N–H and O–H groups in total. The third-order valence-electron chi connectivity index (χ3n) is 2.56. The number of amides is 1. The second-order valence-electron chi connectivity index (χ2n) is 4.07. The van der Waals surface area contributed by atoms with E-state index in [1.54, 1.807) is 18.2 Å². The number of anilines is 1. The van der Waals surface area contributed by atoms with E-state index in [0.29, 0.717) is 10.2 Å². The lowest BCUT2D eigenvalue weighted by Gasteiger charge is -2.05. The molecular weight excluding hydrogens is 334 g/mol. The van der Waals surface area contributed by atoms with Gasteiger partial charge in [-0.05, 0) is 46.3 Å². The highest BCUT2D eigenvalue weighted by molar-refractivity contribution is 9.10. The largest absolute Gasteiger partial charge is 0.478 e. The topological polar surface area (TPSA) is 66.4 Å². The van der Waals surface area contributed by atoms with Crippen LogP contribution < -0.4 is 5.32 Å². The molecule has 0 bridgehead atoms. The third kappa shape index (κ3) is 4.20. The van der Waals surface area contributed by atoms with Gasteiger partial charge in [0.15, 0.2) is 0 Å². The van der Waals surface area contributed by atoms with Crippen molar-refractivity contribution in [2.45, 2.75) is 0 Å². The zero-order valence-corrected chi connectivity index (χ0v) is 12.3. The fourth-order valence-electron chi connectivity index (χ4n) is 1.56. The van der Waals surface area contributed by atoms with E-state index in [9.17, 15) is 9.59 Å². The number of nitrogens with one attached hydrogen (secondary N) is 1. The van der Waals surface area contributed by atoms with Gasteiger partial charge in [0.1, 0.15) is 0 Å². The highest BCUT2D eigenvalue weighted by Gasteiger charge is 2.08. The smallest absolute Gasteiger partial charge is 0.335 e. The van der Waals surface area contributed by atoms with Crippen molar-refractivity contribution >= 4 is 33.5 Å². The van der Waals surface area contributed by atoms with Crippen molar-refractivity contribution < 1.29 is 14.7 Å². The highest BCUT2D eigenvalue weighted by atomic mass is 79.9. The first-order valence-corrected chi connectivity index (χ1v) is 6.76. The average Bonchev–Trinajstić information content (AvgIpc) is 2.48. The summed E-state index contributed by atoms with van der Waals surface area (Å²) in [4.78, 5) is 22.7. The van der Waals surface area contributed by atoms with Gasteiger partial charge in [0.25, 0.3) is 0 Å². The molecule has 104 valence electrons. The fraction of sp³-hybridized carbons (Fsp3) is 0. The average molecular weight is 344 g/mol. The van der Waals surface area contributed by atoms with Crippen LogP contribution in [0.5, 0.6) is 0 Å². The van der Waals surface area contributed by atoms with Gasteiger partial charge in [-0.1, -0.05) is 24.1 Å². The molecule has 0 radical (unpaired) electrons. The molecular formula is C16H10BrNO3. The lowest BCUT2D eigenvalue weighted by molar-refractivity contribution is -0.111. The van der Waals surface area contributed by atoms with Crippen LogP contribution in [0.25, 0.3) is 0 Å². The van der Waals surface area contributed by atoms with Gasteiger partial charge in [-0.2, -0.15) is 0 Å². The lowest BCUT2D eigenvalue weighted by Crippen LogP contribution is -2.10. The SMILES string of the molecule is O=C(C#Cc1ccccc1)Nc1cc(C(=O)O)ccc1Br. The van der Waals surface area contributed by atoms with Crippen LogP contribution in [0.15, 0.2) is 53.0 Å². The quantitative estimate of drug-likeness (QED) is 0.823. The Balaban J connectivity index is 2.15. The van der Waals surface area contributed by atoms with Crippen molar-refractivity contribution in [2.24, 2.45) is 0 Å². The Labute approximate surface area is 129 Å². The normalized spacial score (nSPS) is 9.38. The van der Waals surface area contributed by atoms with Crippen molar-refractivity contribution in [1.29, 1.82) is 0 Å². The molecule has 0 atom stereocenters. The van der Waals surface area contributed by atoms with E-state index in [2.05, 4.69) is 33.1 Å². The summed E-state index contributed by atoms with van der Waals surface area (Å²) < 4.78 is 0.586. The molecule has 0 fully saturated rings. The van der Waals surface area contributed by atoms with E-state index in [1.807, 2.05) is 18.2 Å². The molecule has 0 heterocycles. The number of carbonyl (C=O) groups is 2. The summed E-state index contributed by atoms with van der Waals surface area (Å²) in [6, 6.07) is 13.5. The van der Waals surface area contributed by atoms with Gasteiger partial charge < -0.3 is 10.4 Å². The van der Waals surface area contributed by atoms with E-state index >= 15 is 0 Å². The van der Waals surface area contributed by atoms with Crippen molar-refractivity contribution in [2.75, 3.05) is 5.32 Å². The third-order valence-corrected chi connectivity index (χ3v) is 3.25. The van der Waals surface area contributed by atoms with E-state index in [0.717, 1.165) is 5.56 Å². The maximum absolute atomic E-state index is 11.8. The summed E-state index contributed by atoms with van der Waals surface area (Å²) in [6.45, 7) is 0. The monoisotopic (exact) mass is 343 g/mol. The molecule has 0 aliphatic carbocycles. The van der Waals surface area contributed by atoms with Gasteiger partial charge in [0.2, 0.25) is 0 Å². The molecule has 0 spiro atoms. The minimum absolute atomic E-state index is 0.0875. The predicted molar refractivity (Wildman–Crippen MR) is 83.1 cm³/mol. The standard InChI is InChI=1S/C16H10BrNO3/c17-13-8-7-12(16(20)21)10-14(13)18-15(19)9-6-11-4-2-1-3-5-11/h1-5,7-8,10H,(H,18,19)(H,20,21). The summed E-state index contributed by atoms with van der Waals surface area (Å²) in [7, 11) is 0. The zero-order chi connectivity index (χ0) is 15.2. The maximum atomic E-state index is 11.8. The molecule has 0 aliphatic rings. The Kier molecular flexibility index (Phi) is 4.75. The molecule has 5 heteroatoms. The van der Waals surface area contributed by atoms with E-state index in [4.69, 9.17) is 5.11 Å². The second-order valence-corrected chi connectivity index (χ2v) is 4.92. The van der Waals surface area contributed by atoms with Crippen molar-refractivity contribution in [3.05, 3.63) is 64.1 Å². The number of hydrogen-bond donors (Lipinski definition) is 2. The first-order valence-electron chi connectivity index (χ1n) is 5.97. The molecule has 21 heavy (non-hydrogen) atoms. The number of carbonyl (C=O) groups excluding carboxylic acids is 1. The molecule has 0 aromatic heterocycles. The number of benzene rings is 2. The molecule has 2 rings (SSSR count). The zero-order valence-electron chi connectivity index (χ0n) is 10.8. The number of halogens is 1. The highest BCUT2D eigenvalue weighted by Crippen LogP contribution is 2.23. The van der Waals surface area contributed by atoms with Gasteiger partial charge in [-0.25, -0.2) is 4.79 Å². The van der Waals surface area contributed by atoms with Gasteiger partial charge >= 0.3 is 11.9 Å². The molecule has 0 unspecified atom stereocenters. The van der Waals surface area contributed by atoms with Crippen LogP contribution in [0.3, 0.4) is 0 Å². The summed E-state index contributed by atoms with van der Waals surface area (Å²) >= 11 is 3.25. The molecule has 0 saturated heterocycles. The second kappa shape index (κ2) is 6.73. The molecule has 0 saturated carbocycles. The summed E-state index contributed by atoms with van der Waals surface area (Å²) in [5, 5.41) is 11.5. The Morgan fingerprint density at radius 1 is 1.10 bits per heavy atom. The van der Waals surface area contributed by atoms with E-state index in [1.165, 1.54) is 12.1 Å². The molecule has 4 nitrogen and oxygen atoms in total. The minimum Gasteiger partial charge on any atom is -0.478 e. The summed E-state index contributed by atoms with van der Waals surface area (Å²) in [5.74, 6) is 3.61. The van der Waals surface area contributed by atoms with Crippen molar-refractivity contribution in [1.82, 2.24) is 0 Å². The van der Waals surface area contributed by atoms with Crippen LogP contribution >= 0.6 is 15.9 Å². The van der Waals surface area contributed by atoms with Gasteiger partial charge in [0.05, 0.1) is 11.3 Å².